The van der Waals surface area contributed by atoms with Gasteiger partial charge < -0.3 is 10.5 Å². The molecule has 2 rings (SSSR count). The summed E-state index contributed by atoms with van der Waals surface area (Å²) < 4.78 is 6.67. The zero-order chi connectivity index (χ0) is 13.8. The molecule has 0 spiro atoms. The number of nitrogens with two attached hydrogens (primary N) is 1. The van der Waals surface area contributed by atoms with E-state index in [4.69, 9.17) is 10.5 Å². The molecular weight excluding hydrogens is 246 g/mol. The number of aryl methyl sites for hydroxylation is 2. The van der Waals surface area contributed by atoms with Gasteiger partial charge in [-0.2, -0.15) is 5.10 Å². The fraction of sp³-hybridized carbons (Fsp3) is 0.333. The zero-order valence-electron chi connectivity index (χ0n) is 10.8. The van der Waals surface area contributed by atoms with E-state index in [2.05, 4.69) is 15.1 Å². The summed E-state index contributed by atoms with van der Waals surface area (Å²) >= 11 is 0. The zero-order valence-corrected chi connectivity index (χ0v) is 10.8. The van der Waals surface area contributed by atoms with Gasteiger partial charge >= 0.3 is 5.97 Å². The number of hydrogen-bond donors (Lipinski definition) is 1. The highest BCUT2D eigenvalue weighted by Gasteiger charge is 2.20. The van der Waals surface area contributed by atoms with E-state index in [-0.39, 0.29) is 12.3 Å². The van der Waals surface area contributed by atoms with Crippen LogP contribution >= 0.6 is 0 Å². The maximum absolute atomic E-state index is 12.0. The molecule has 0 bridgehead atoms. The van der Waals surface area contributed by atoms with E-state index in [0.29, 0.717) is 23.8 Å². The van der Waals surface area contributed by atoms with Gasteiger partial charge in [-0.3, -0.25) is 4.68 Å². The fourth-order valence-electron chi connectivity index (χ4n) is 1.64. The monoisotopic (exact) mass is 261 g/mol. The Kier molecular flexibility index (Phi) is 3.74. The second-order valence-corrected chi connectivity index (χ2v) is 3.90. The van der Waals surface area contributed by atoms with Crippen molar-refractivity contribution in [2.75, 3.05) is 5.73 Å². The third kappa shape index (κ3) is 2.70. The minimum atomic E-state index is -0.521. The lowest BCUT2D eigenvalue weighted by molar-refractivity contribution is 0.0449. The number of nitrogen functional groups attached to an aromatic ring is 1. The number of anilines is 1. The van der Waals surface area contributed by atoms with Crippen LogP contribution in [0, 0.1) is 6.92 Å². The second-order valence-electron chi connectivity index (χ2n) is 3.90. The van der Waals surface area contributed by atoms with E-state index >= 15 is 0 Å². The van der Waals surface area contributed by atoms with Gasteiger partial charge in [-0.15, -0.1) is 0 Å². The molecule has 0 saturated carbocycles. The van der Waals surface area contributed by atoms with Crippen LogP contribution in [0.2, 0.25) is 0 Å². The normalized spacial score (nSPS) is 10.4. The minimum Gasteiger partial charge on any atom is -0.453 e. The van der Waals surface area contributed by atoms with Gasteiger partial charge in [-0.1, -0.05) is 0 Å². The highest BCUT2D eigenvalue weighted by atomic mass is 16.5. The van der Waals surface area contributed by atoms with Crippen LogP contribution in [-0.4, -0.2) is 25.7 Å². The molecule has 0 atom stereocenters. The van der Waals surface area contributed by atoms with Crippen LogP contribution in [0.4, 0.5) is 5.69 Å². The third-order valence-electron chi connectivity index (χ3n) is 2.62. The number of aromatic nitrogens is 4. The summed E-state index contributed by atoms with van der Waals surface area (Å²) in [6.07, 6.45) is 3.18. The predicted octanol–water partition coefficient (Wildman–Crippen LogP) is 0.941. The number of carbonyl (C=O) groups excluding carboxylic acids is 1. The molecular formula is C12H15N5O2. The molecule has 7 nitrogen and oxygen atoms in total. The van der Waals surface area contributed by atoms with Crippen molar-refractivity contribution in [2.24, 2.45) is 0 Å². The highest BCUT2D eigenvalue weighted by molar-refractivity contribution is 5.93. The van der Waals surface area contributed by atoms with Gasteiger partial charge in [-0.25, -0.2) is 14.8 Å². The summed E-state index contributed by atoms with van der Waals surface area (Å²) in [5, 5.41) is 4.16. The van der Waals surface area contributed by atoms with E-state index < -0.39 is 5.97 Å². The summed E-state index contributed by atoms with van der Waals surface area (Å²) in [6, 6.07) is 1.69. The SMILES string of the molecule is CCn1nc(C)c(N)c1C(=O)OCc1ncccn1. The number of ether oxygens (including phenoxy) is 1. The van der Waals surface area contributed by atoms with E-state index in [0.717, 1.165) is 0 Å². The first-order valence-electron chi connectivity index (χ1n) is 5.89. The second kappa shape index (κ2) is 5.47. The van der Waals surface area contributed by atoms with Crippen LogP contribution in [0.5, 0.6) is 0 Å². The number of rotatable bonds is 4. The molecule has 2 N–H and O–H groups in total. The third-order valence-corrected chi connectivity index (χ3v) is 2.62. The maximum atomic E-state index is 12.0. The number of nitrogens with zero attached hydrogens (tertiary/aromatic N) is 4. The van der Waals surface area contributed by atoms with Crippen molar-refractivity contribution in [3.8, 4) is 0 Å². The molecule has 2 aromatic heterocycles. The van der Waals surface area contributed by atoms with Gasteiger partial charge in [0, 0.05) is 18.9 Å². The molecule has 0 fully saturated rings. The quantitative estimate of drug-likeness (QED) is 0.823. The Labute approximate surface area is 110 Å². The Bertz CT molecular complexity index is 579. The molecule has 0 unspecified atom stereocenters. The van der Waals surface area contributed by atoms with Crippen molar-refractivity contribution in [1.82, 2.24) is 19.7 Å². The van der Waals surface area contributed by atoms with Gasteiger partial charge in [-0.05, 0) is 19.9 Å². The van der Waals surface area contributed by atoms with Gasteiger partial charge in [0.1, 0.15) is 0 Å². The molecule has 7 heteroatoms. The topological polar surface area (TPSA) is 95.9 Å². The van der Waals surface area contributed by atoms with Gasteiger partial charge in [0.25, 0.3) is 0 Å². The first-order valence-corrected chi connectivity index (χ1v) is 5.89. The summed E-state index contributed by atoms with van der Waals surface area (Å²) in [6.45, 7) is 4.18. The van der Waals surface area contributed by atoms with Crippen molar-refractivity contribution in [3.05, 3.63) is 35.7 Å². The lowest BCUT2D eigenvalue weighted by Crippen LogP contribution is -2.14. The summed E-state index contributed by atoms with van der Waals surface area (Å²) in [5.74, 6) is -0.0823. The summed E-state index contributed by atoms with van der Waals surface area (Å²) in [5.41, 5.74) is 7.07. The van der Waals surface area contributed by atoms with Crippen molar-refractivity contribution in [3.63, 3.8) is 0 Å². The van der Waals surface area contributed by atoms with E-state index in [9.17, 15) is 4.79 Å². The van der Waals surface area contributed by atoms with E-state index in [1.54, 1.807) is 25.4 Å². The lowest BCUT2D eigenvalue weighted by Gasteiger charge is -2.06. The van der Waals surface area contributed by atoms with Crippen LogP contribution in [-0.2, 0) is 17.9 Å². The fourth-order valence-corrected chi connectivity index (χ4v) is 1.64. The summed E-state index contributed by atoms with van der Waals surface area (Å²) in [4.78, 5) is 20.0. The van der Waals surface area contributed by atoms with Crippen molar-refractivity contribution < 1.29 is 9.53 Å². The Morgan fingerprint density at radius 1 is 1.42 bits per heavy atom. The minimum absolute atomic E-state index is 0.00700. The van der Waals surface area contributed by atoms with Crippen molar-refractivity contribution >= 4 is 11.7 Å². The molecule has 0 radical (unpaired) electrons. The molecule has 0 amide bonds. The van der Waals surface area contributed by atoms with Crippen LogP contribution in [0.25, 0.3) is 0 Å². The molecule has 0 aromatic carbocycles. The smallest absolute Gasteiger partial charge is 0.359 e. The Morgan fingerprint density at radius 3 is 2.74 bits per heavy atom. The van der Waals surface area contributed by atoms with Gasteiger partial charge in [0.05, 0.1) is 11.4 Å². The van der Waals surface area contributed by atoms with Gasteiger partial charge in [0.15, 0.2) is 18.1 Å². The number of hydrogen-bond acceptors (Lipinski definition) is 6. The lowest BCUT2D eigenvalue weighted by atomic mass is 10.3. The molecule has 0 aliphatic heterocycles. The summed E-state index contributed by atoms with van der Waals surface area (Å²) in [7, 11) is 0. The Balaban J connectivity index is 2.12. The first kappa shape index (κ1) is 13.0. The number of carbonyl (C=O) groups is 1. The maximum Gasteiger partial charge on any atom is 0.359 e. The molecule has 100 valence electrons. The molecule has 0 aliphatic rings. The van der Waals surface area contributed by atoms with Crippen LogP contribution in [0.15, 0.2) is 18.5 Å². The van der Waals surface area contributed by atoms with Crippen molar-refractivity contribution in [1.29, 1.82) is 0 Å². The standard InChI is InChI=1S/C12H15N5O2/c1-3-17-11(10(13)8(2)16-17)12(18)19-7-9-14-5-4-6-15-9/h4-6H,3,7,13H2,1-2H3. The average Bonchev–Trinajstić information content (AvgIpc) is 2.73. The highest BCUT2D eigenvalue weighted by Crippen LogP contribution is 2.17. The van der Waals surface area contributed by atoms with E-state index in [1.807, 2.05) is 6.92 Å². The van der Waals surface area contributed by atoms with Crippen LogP contribution in [0.3, 0.4) is 0 Å². The van der Waals surface area contributed by atoms with Crippen LogP contribution in [0.1, 0.15) is 28.9 Å². The molecule has 2 heterocycles. The van der Waals surface area contributed by atoms with Crippen LogP contribution < -0.4 is 5.73 Å². The molecule has 2 aromatic rings. The van der Waals surface area contributed by atoms with Gasteiger partial charge in [0.2, 0.25) is 0 Å². The molecule has 0 aliphatic carbocycles. The van der Waals surface area contributed by atoms with E-state index in [1.165, 1.54) is 4.68 Å². The predicted molar refractivity (Wildman–Crippen MR) is 68.2 cm³/mol. The largest absolute Gasteiger partial charge is 0.453 e. The Morgan fingerprint density at radius 2 is 2.11 bits per heavy atom. The first-order chi connectivity index (χ1) is 9.13. The molecule has 19 heavy (non-hydrogen) atoms. The molecule has 0 saturated heterocycles. The average molecular weight is 261 g/mol. The van der Waals surface area contributed by atoms with Crippen molar-refractivity contribution in [2.45, 2.75) is 27.0 Å². The Hall–Kier alpha value is -2.44. The number of esters is 1.